The Hall–Kier alpha value is -5.18. The van der Waals surface area contributed by atoms with E-state index in [0.717, 1.165) is 75.1 Å². The molecule has 0 saturated carbocycles. The first-order chi connectivity index (χ1) is 32.8. The molecule has 2 saturated heterocycles. The first-order valence-electron chi connectivity index (χ1n) is 22.1. The lowest BCUT2D eigenvalue weighted by molar-refractivity contribution is -0.122. The van der Waals surface area contributed by atoms with Crippen LogP contribution in [0.1, 0.15) is 34.6 Å². The Balaban J connectivity index is 0.000000234. The minimum absolute atomic E-state index is 0.122. The molecule has 1 atom stereocenters. The fourth-order valence-electron chi connectivity index (χ4n) is 6.08. The Kier molecular flexibility index (Phi) is 22.7. The molecule has 4 aromatic carbocycles. The third-order valence-electron chi connectivity index (χ3n) is 9.36. The molecule has 0 spiro atoms. The number of nitrogens with zero attached hydrogens (tertiary/aromatic N) is 4. The van der Waals surface area contributed by atoms with Gasteiger partial charge in [-0.2, -0.15) is 0 Å². The quantitative estimate of drug-likeness (QED) is 0.0887. The van der Waals surface area contributed by atoms with Gasteiger partial charge in [0.05, 0.1) is 52.0 Å². The highest BCUT2D eigenvalue weighted by atomic mass is 32.2. The second-order valence-electron chi connectivity index (χ2n) is 13.8. The molecule has 358 valence electrons. The van der Waals surface area contributed by atoms with Crippen LogP contribution < -0.4 is 29.6 Å². The van der Waals surface area contributed by atoms with Gasteiger partial charge in [0.2, 0.25) is 0 Å². The van der Waals surface area contributed by atoms with Gasteiger partial charge in [-0.25, -0.2) is 18.6 Å². The highest BCUT2D eigenvalue weighted by molar-refractivity contribution is 7.97. The SMILES string of the molecule is CC.CC.COc1ccccc1OC(C)C(=O)Nc1nc(-c2ccc(SN3CCOCC3)cc2)cs1.COc1ccccc1OCC(=O)Nc1nc(-c2ccc(SN3CCOCC3)cc2)cs1. The molecule has 2 N–H and O–H groups in total. The summed E-state index contributed by atoms with van der Waals surface area (Å²) in [5, 5.41) is 10.6. The molecule has 18 heteroatoms. The van der Waals surface area contributed by atoms with E-state index >= 15 is 0 Å². The summed E-state index contributed by atoms with van der Waals surface area (Å²) >= 11 is 6.26. The number of anilines is 2. The monoisotopic (exact) mass is 988 g/mol. The third kappa shape index (κ3) is 16.8. The van der Waals surface area contributed by atoms with Crippen molar-refractivity contribution in [3.05, 3.63) is 108 Å². The Morgan fingerprint density at radius 3 is 1.51 bits per heavy atom. The van der Waals surface area contributed by atoms with Gasteiger partial charge in [-0.3, -0.25) is 20.2 Å². The third-order valence-corrected chi connectivity index (χ3v) is 13.1. The molecule has 1 unspecified atom stereocenters. The number of nitrogens with one attached hydrogen (secondary N) is 2. The summed E-state index contributed by atoms with van der Waals surface area (Å²) in [7, 11) is 3.13. The Morgan fingerprint density at radius 2 is 1.04 bits per heavy atom. The second-order valence-corrected chi connectivity index (χ2v) is 17.8. The first-order valence-corrected chi connectivity index (χ1v) is 25.4. The van der Waals surface area contributed by atoms with Crippen LogP contribution in [-0.4, -0.2) is 110 Å². The number of carbonyl (C=O) groups excluding carboxylic acids is 2. The first kappa shape index (κ1) is 52.8. The van der Waals surface area contributed by atoms with Gasteiger partial charge in [-0.15, -0.1) is 22.7 Å². The van der Waals surface area contributed by atoms with Crippen LogP contribution in [0, 0.1) is 0 Å². The van der Waals surface area contributed by atoms with Crippen molar-refractivity contribution in [2.24, 2.45) is 0 Å². The average molecular weight is 989 g/mol. The van der Waals surface area contributed by atoms with Crippen LogP contribution in [0.15, 0.2) is 118 Å². The van der Waals surface area contributed by atoms with Crippen molar-refractivity contribution in [1.82, 2.24) is 18.6 Å². The zero-order valence-corrected chi connectivity index (χ0v) is 42.3. The number of benzene rings is 4. The number of morpholine rings is 2. The van der Waals surface area contributed by atoms with Crippen LogP contribution in [0.4, 0.5) is 10.3 Å². The van der Waals surface area contributed by atoms with Crippen LogP contribution in [0.2, 0.25) is 0 Å². The predicted molar refractivity (Wildman–Crippen MR) is 273 cm³/mol. The van der Waals surface area contributed by atoms with E-state index in [1.807, 2.05) is 74.9 Å². The summed E-state index contributed by atoms with van der Waals surface area (Å²) in [6.07, 6.45) is -0.699. The molecule has 8 rings (SSSR count). The Labute approximate surface area is 411 Å². The fourth-order valence-corrected chi connectivity index (χ4v) is 9.31. The molecule has 6 aromatic rings. The number of rotatable bonds is 16. The van der Waals surface area contributed by atoms with E-state index in [0.29, 0.717) is 33.3 Å². The van der Waals surface area contributed by atoms with E-state index in [-0.39, 0.29) is 18.4 Å². The lowest BCUT2D eigenvalue weighted by Gasteiger charge is -2.25. The number of para-hydroxylation sites is 4. The molecule has 0 radical (unpaired) electrons. The van der Waals surface area contributed by atoms with Crippen molar-refractivity contribution < 1.29 is 38.0 Å². The molecule has 0 aliphatic carbocycles. The zero-order chi connectivity index (χ0) is 47.8. The number of ether oxygens (including phenoxy) is 6. The largest absolute Gasteiger partial charge is 0.493 e. The van der Waals surface area contributed by atoms with Crippen molar-refractivity contribution in [1.29, 1.82) is 0 Å². The standard InChI is InChI=1S/C23H25N3O4S2.C22H23N3O4S2.2C2H6/c1-16(30-21-6-4-3-5-20(21)28-2)22(27)25-23-24-19(15-31-23)17-7-9-18(10-8-17)32-26-11-13-29-14-12-26;1-27-19-4-2-3-5-20(19)29-14-21(26)24-22-23-18(15-30-22)16-6-8-17(9-7-16)31-25-10-12-28-13-11-25;2*1-2/h3-10,15-16H,11-14H2,1-2H3,(H,24,25,27);2-9,15H,10-14H2,1H3,(H,23,24,26);2*1-2H3. The Morgan fingerprint density at radius 1 is 0.627 bits per heavy atom. The van der Waals surface area contributed by atoms with E-state index in [9.17, 15) is 9.59 Å². The summed E-state index contributed by atoms with van der Waals surface area (Å²) in [4.78, 5) is 36.3. The fraction of sp³-hybridized carbons (Fsp3) is 0.347. The average Bonchev–Trinajstić information content (AvgIpc) is 4.06. The maximum Gasteiger partial charge on any atom is 0.266 e. The molecule has 2 aromatic heterocycles. The molecular formula is C49H60N6O8S4. The number of carbonyl (C=O) groups is 2. The molecule has 2 aliphatic rings. The van der Waals surface area contributed by atoms with E-state index in [1.54, 1.807) is 69.3 Å². The van der Waals surface area contributed by atoms with Crippen LogP contribution in [-0.2, 0) is 19.1 Å². The normalized spacial score (nSPS) is 14.0. The summed E-state index contributed by atoms with van der Waals surface area (Å²) in [6, 6.07) is 31.0. The molecule has 2 amide bonds. The lowest BCUT2D eigenvalue weighted by atomic mass is 10.2. The number of hydrogen-bond donors (Lipinski definition) is 2. The summed E-state index contributed by atoms with van der Waals surface area (Å²) in [5.74, 6) is 1.67. The van der Waals surface area contributed by atoms with Gasteiger partial charge in [0, 0.05) is 57.9 Å². The molecule has 14 nitrogen and oxygen atoms in total. The molecule has 67 heavy (non-hydrogen) atoms. The Bertz CT molecular complexity index is 2370. The van der Waals surface area contributed by atoms with Gasteiger partial charge in [-0.05, 0) is 79.4 Å². The van der Waals surface area contributed by atoms with E-state index in [1.165, 1.54) is 32.5 Å². The van der Waals surface area contributed by atoms with E-state index in [4.69, 9.17) is 28.4 Å². The predicted octanol–water partition coefficient (Wildman–Crippen LogP) is 10.8. The maximum atomic E-state index is 12.6. The van der Waals surface area contributed by atoms with Gasteiger partial charge < -0.3 is 28.4 Å². The van der Waals surface area contributed by atoms with Gasteiger partial charge in [0.15, 0.2) is 46.0 Å². The van der Waals surface area contributed by atoms with Crippen molar-refractivity contribution in [2.75, 3.05) is 84.1 Å². The summed E-state index contributed by atoms with van der Waals surface area (Å²) < 4.78 is 37.2. The van der Waals surface area contributed by atoms with Crippen LogP contribution in [0.3, 0.4) is 0 Å². The highest BCUT2D eigenvalue weighted by Crippen LogP contribution is 2.32. The molecule has 2 fully saturated rings. The van der Waals surface area contributed by atoms with Crippen LogP contribution >= 0.6 is 46.6 Å². The zero-order valence-electron chi connectivity index (χ0n) is 39.0. The molecule has 0 bridgehead atoms. The number of aromatic nitrogens is 2. The lowest BCUT2D eigenvalue weighted by Crippen LogP contribution is -2.30. The molecule has 4 heterocycles. The number of thiazole rings is 2. The number of amides is 2. The number of hydrogen-bond acceptors (Lipinski definition) is 16. The van der Waals surface area contributed by atoms with Gasteiger partial charge in [-0.1, -0.05) is 76.2 Å². The van der Waals surface area contributed by atoms with Crippen molar-refractivity contribution >= 4 is 68.6 Å². The molecular weight excluding hydrogens is 929 g/mol. The van der Waals surface area contributed by atoms with E-state index in [2.05, 4.69) is 65.6 Å². The second kappa shape index (κ2) is 28.9. The van der Waals surface area contributed by atoms with Crippen molar-refractivity contribution in [3.63, 3.8) is 0 Å². The van der Waals surface area contributed by atoms with E-state index < -0.39 is 6.10 Å². The molecule has 2 aliphatic heterocycles. The van der Waals surface area contributed by atoms with Gasteiger partial charge in [0.25, 0.3) is 11.8 Å². The van der Waals surface area contributed by atoms with Gasteiger partial charge in [0.1, 0.15) is 0 Å². The summed E-state index contributed by atoms with van der Waals surface area (Å²) in [6.45, 7) is 16.4. The van der Waals surface area contributed by atoms with Crippen molar-refractivity contribution in [2.45, 2.75) is 50.5 Å². The van der Waals surface area contributed by atoms with Crippen molar-refractivity contribution in [3.8, 4) is 45.5 Å². The minimum atomic E-state index is -0.699. The topological polar surface area (TPSA) is 146 Å². The van der Waals surface area contributed by atoms with Gasteiger partial charge >= 0.3 is 0 Å². The number of methoxy groups -OCH3 is 2. The highest BCUT2D eigenvalue weighted by Gasteiger charge is 2.19. The maximum absolute atomic E-state index is 12.6. The smallest absolute Gasteiger partial charge is 0.266 e. The van der Waals surface area contributed by atoms with Crippen LogP contribution in [0.25, 0.3) is 22.5 Å². The van der Waals surface area contributed by atoms with Crippen LogP contribution in [0.5, 0.6) is 23.0 Å². The summed E-state index contributed by atoms with van der Waals surface area (Å²) in [5.41, 5.74) is 3.67. The minimum Gasteiger partial charge on any atom is -0.493 e.